The zero-order valence-corrected chi connectivity index (χ0v) is 14.7. The molecule has 0 saturated carbocycles. The molecule has 0 unspecified atom stereocenters. The Balaban J connectivity index is 1.55. The van der Waals surface area contributed by atoms with Gasteiger partial charge in [0.2, 0.25) is 5.91 Å². The molecule has 0 atom stereocenters. The summed E-state index contributed by atoms with van der Waals surface area (Å²) >= 11 is 0. The van der Waals surface area contributed by atoms with Gasteiger partial charge in [-0.2, -0.15) is 0 Å². The number of nitrogens with zero attached hydrogens (tertiary/aromatic N) is 3. The first-order chi connectivity index (χ1) is 11.6. The highest BCUT2D eigenvalue weighted by atomic mass is 16.5. The Morgan fingerprint density at radius 3 is 2.62 bits per heavy atom. The topological polar surface area (TPSA) is 70.8 Å². The molecule has 7 nitrogen and oxygen atoms in total. The van der Waals surface area contributed by atoms with Crippen molar-refractivity contribution in [3.05, 3.63) is 17.5 Å². The maximum absolute atomic E-state index is 13.1. The van der Waals surface area contributed by atoms with Gasteiger partial charge < -0.3 is 19.5 Å². The van der Waals surface area contributed by atoms with Crippen molar-refractivity contribution in [1.82, 2.24) is 20.3 Å². The van der Waals surface area contributed by atoms with Crippen LogP contribution in [0.2, 0.25) is 0 Å². The van der Waals surface area contributed by atoms with Gasteiger partial charge in [-0.05, 0) is 32.9 Å². The van der Waals surface area contributed by atoms with Crippen LogP contribution >= 0.6 is 0 Å². The first-order valence-electron chi connectivity index (χ1n) is 8.76. The van der Waals surface area contributed by atoms with Crippen LogP contribution in [0.5, 0.6) is 0 Å². The van der Waals surface area contributed by atoms with Crippen LogP contribution in [0.4, 0.5) is 0 Å². The molecule has 2 aliphatic rings. The van der Waals surface area contributed by atoms with Crippen LogP contribution in [0.15, 0.2) is 10.6 Å². The van der Waals surface area contributed by atoms with Crippen molar-refractivity contribution in [1.29, 1.82) is 0 Å². The van der Waals surface area contributed by atoms with E-state index in [4.69, 9.17) is 9.26 Å². The van der Waals surface area contributed by atoms with Crippen molar-refractivity contribution < 1.29 is 14.1 Å². The van der Waals surface area contributed by atoms with Crippen LogP contribution in [0.3, 0.4) is 0 Å². The minimum absolute atomic E-state index is 0.265. The number of hydrogen-bond acceptors (Lipinski definition) is 6. The normalized spacial score (nSPS) is 21.8. The van der Waals surface area contributed by atoms with E-state index in [-0.39, 0.29) is 11.3 Å². The summed E-state index contributed by atoms with van der Waals surface area (Å²) in [6.45, 7) is 8.26. The Kier molecular flexibility index (Phi) is 5.53. The number of piperazine rings is 1. The van der Waals surface area contributed by atoms with E-state index >= 15 is 0 Å². The average molecular weight is 336 g/mol. The largest absolute Gasteiger partial charge is 0.384 e. The second-order valence-corrected chi connectivity index (χ2v) is 6.97. The lowest BCUT2D eigenvalue weighted by Gasteiger charge is -2.42. The molecule has 1 N–H and O–H groups in total. The summed E-state index contributed by atoms with van der Waals surface area (Å²) < 4.78 is 10.7. The highest BCUT2D eigenvalue weighted by Gasteiger charge is 2.42. The van der Waals surface area contributed by atoms with Crippen molar-refractivity contribution in [3.63, 3.8) is 0 Å². The molecule has 2 fully saturated rings. The van der Waals surface area contributed by atoms with Gasteiger partial charge in [-0.25, -0.2) is 0 Å². The van der Waals surface area contributed by atoms with Crippen LogP contribution < -0.4 is 5.32 Å². The van der Waals surface area contributed by atoms with Crippen molar-refractivity contribution >= 4 is 5.91 Å². The summed E-state index contributed by atoms with van der Waals surface area (Å²) in [5.74, 6) is 1.16. The number of hydrogen-bond donors (Lipinski definition) is 1. The quantitative estimate of drug-likeness (QED) is 0.851. The van der Waals surface area contributed by atoms with E-state index in [0.717, 1.165) is 70.1 Å². The number of methoxy groups -OCH3 is 1. The number of ether oxygens (including phenoxy) is 1. The third kappa shape index (κ3) is 3.79. The van der Waals surface area contributed by atoms with E-state index in [0.29, 0.717) is 6.61 Å². The zero-order chi connectivity index (χ0) is 17.0. The zero-order valence-electron chi connectivity index (χ0n) is 14.7. The molecule has 0 bridgehead atoms. The van der Waals surface area contributed by atoms with Gasteiger partial charge in [0.05, 0.1) is 24.3 Å². The lowest BCUT2D eigenvalue weighted by atomic mass is 9.78. The fourth-order valence-electron chi connectivity index (χ4n) is 3.76. The van der Waals surface area contributed by atoms with Crippen LogP contribution in [0.25, 0.3) is 0 Å². The molecule has 2 aliphatic heterocycles. The van der Waals surface area contributed by atoms with E-state index < -0.39 is 0 Å². The Morgan fingerprint density at radius 1 is 1.33 bits per heavy atom. The van der Waals surface area contributed by atoms with E-state index in [1.165, 1.54) is 0 Å². The lowest BCUT2D eigenvalue weighted by Crippen LogP contribution is -2.56. The number of piperidine rings is 1. The van der Waals surface area contributed by atoms with Gasteiger partial charge in [0, 0.05) is 39.4 Å². The third-order valence-corrected chi connectivity index (χ3v) is 5.15. The number of nitrogens with one attached hydrogen (secondary N) is 1. The third-order valence-electron chi connectivity index (χ3n) is 5.15. The van der Waals surface area contributed by atoms with Crippen LogP contribution in [-0.2, 0) is 16.1 Å². The minimum Gasteiger partial charge on any atom is -0.384 e. The molecule has 1 amide bonds. The highest BCUT2D eigenvalue weighted by molar-refractivity contribution is 5.83. The van der Waals surface area contributed by atoms with E-state index in [1.807, 2.05) is 17.9 Å². The molecule has 0 spiro atoms. The molecule has 7 heteroatoms. The van der Waals surface area contributed by atoms with Crippen molar-refractivity contribution in [3.8, 4) is 0 Å². The molecular weight excluding hydrogens is 308 g/mol. The predicted molar refractivity (Wildman–Crippen MR) is 89.5 cm³/mol. The van der Waals surface area contributed by atoms with Crippen molar-refractivity contribution in [2.45, 2.75) is 26.3 Å². The Labute approximate surface area is 143 Å². The standard InChI is InChI=1S/C17H28N4O3/c1-14-11-15(24-19-14)12-20-7-9-21(10-8-20)16(22)17(13-23-2)3-5-18-6-4-17/h11,18H,3-10,12-13H2,1-2H3. The number of aromatic nitrogens is 1. The molecular formula is C17H28N4O3. The van der Waals surface area contributed by atoms with Gasteiger partial charge >= 0.3 is 0 Å². The molecule has 1 aromatic rings. The summed E-state index contributed by atoms with van der Waals surface area (Å²) in [4.78, 5) is 17.4. The molecule has 3 rings (SSSR count). The lowest BCUT2D eigenvalue weighted by molar-refractivity contribution is -0.149. The number of rotatable bonds is 5. The average Bonchev–Trinajstić information content (AvgIpc) is 3.01. The van der Waals surface area contributed by atoms with Crippen LogP contribution in [0, 0.1) is 12.3 Å². The van der Waals surface area contributed by atoms with Crippen LogP contribution in [-0.4, -0.2) is 73.8 Å². The summed E-state index contributed by atoms with van der Waals surface area (Å²) in [5, 5.41) is 7.27. The smallest absolute Gasteiger partial charge is 0.231 e. The van der Waals surface area contributed by atoms with Gasteiger partial charge in [0.1, 0.15) is 0 Å². The van der Waals surface area contributed by atoms with E-state index in [1.54, 1.807) is 7.11 Å². The SMILES string of the molecule is COCC1(C(=O)N2CCN(Cc3cc(C)no3)CC2)CCNCC1. The summed E-state index contributed by atoms with van der Waals surface area (Å²) in [6.07, 6.45) is 1.72. The Bertz CT molecular complexity index is 540. The van der Waals surface area contributed by atoms with Gasteiger partial charge in [-0.15, -0.1) is 0 Å². The summed E-state index contributed by atoms with van der Waals surface area (Å²) in [6, 6.07) is 1.97. The number of aryl methyl sites for hydroxylation is 1. The predicted octanol–water partition coefficient (Wildman–Crippen LogP) is 0.643. The fourth-order valence-corrected chi connectivity index (χ4v) is 3.76. The van der Waals surface area contributed by atoms with E-state index in [2.05, 4.69) is 15.4 Å². The van der Waals surface area contributed by atoms with Crippen molar-refractivity contribution in [2.24, 2.45) is 5.41 Å². The number of carbonyl (C=O) groups excluding carboxylic acids is 1. The van der Waals surface area contributed by atoms with Gasteiger partial charge in [-0.3, -0.25) is 9.69 Å². The Morgan fingerprint density at radius 2 is 2.04 bits per heavy atom. The second-order valence-electron chi connectivity index (χ2n) is 6.97. The molecule has 2 saturated heterocycles. The molecule has 0 aliphatic carbocycles. The number of amides is 1. The Hall–Kier alpha value is -1.44. The first kappa shape index (κ1) is 17.4. The number of carbonyl (C=O) groups is 1. The summed E-state index contributed by atoms with van der Waals surface area (Å²) in [7, 11) is 1.69. The maximum atomic E-state index is 13.1. The highest BCUT2D eigenvalue weighted by Crippen LogP contribution is 2.32. The fraction of sp³-hybridized carbons (Fsp3) is 0.765. The molecule has 1 aromatic heterocycles. The second kappa shape index (κ2) is 7.63. The van der Waals surface area contributed by atoms with E-state index in [9.17, 15) is 4.79 Å². The minimum atomic E-state index is -0.343. The van der Waals surface area contributed by atoms with Gasteiger partial charge in [0.15, 0.2) is 5.76 Å². The van der Waals surface area contributed by atoms with Gasteiger partial charge in [-0.1, -0.05) is 5.16 Å². The maximum Gasteiger partial charge on any atom is 0.231 e. The molecule has 0 aromatic carbocycles. The van der Waals surface area contributed by atoms with Gasteiger partial charge in [0.25, 0.3) is 0 Å². The molecule has 0 radical (unpaired) electrons. The molecule has 3 heterocycles. The molecule has 134 valence electrons. The summed E-state index contributed by atoms with van der Waals surface area (Å²) in [5.41, 5.74) is 0.566. The molecule has 24 heavy (non-hydrogen) atoms. The van der Waals surface area contributed by atoms with Crippen molar-refractivity contribution in [2.75, 3.05) is 53.0 Å². The first-order valence-corrected chi connectivity index (χ1v) is 8.76. The van der Waals surface area contributed by atoms with Crippen LogP contribution in [0.1, 0.15) is 24.3 Å². The monoisotopic (exact) mass is 336 g/mol.